The van der Waals surface area contributed by atoms with Gasteiger partial charge in [0, 0.05) is 31.2 Å². The summed E-state index contributed by atoms with van der Waals surface area (Å²) in [5.41, 5.74) is 1.46. The average molecular weight is 224 g/mol. The summed E-state index contributed by atoms with van der Waals surface area (Å²) in [6.07, 6.45) is 0. The Morgan fingerprint density at radius 3 is 3.00 bits per heavy atom. The van der Waals surface area contributed by atoms with Crippen LogP contribution in [0, 0.1) is 0 Å². The Morgan fingerprint density at radius 1 is 1.53 bits per heavy atom. The van der Waals surface area contributed by atoms with Gasteiger partial charge in [0.25, 0.3) is 0 Å². The van der Waals surface area contributed by atoms with Crippen LogP contribution in [0.2, 0.25) is 0 Å². The van der Waals surface area contributed by atoms with Crippen molar-refractivity contribution in [3.8, 4) is 0 Å². The monoisotopic (exact) mass is 224 g/mol. The molecule has 2 nitrogen and oxygen atoms in total. The maximum absolute atomic E-state index is 3.52. The highest BCUT2D eigenvalue weighted by Crippen LogP contribution is 2.25. The van der Waals surface area contributed by atoms with E-state index in [1.165, 1.54) is 5.56 Å². The van der Waals surface area contributed by atoms with Crippen molar-refractivity contribution in [1.82, 2.24) is 10.2 Å². The minimum atomic E-state index is 0.552. The largest absolute Gasteiger partial charge is 0.311 e. The van der Waals surface area contributed by atoms with Crippen molar-refractivity contribution in [3.63, 3.8) is 0 Å². The molecule has 3 unspecified atom stereocenters. The summed E-state index contributed by atoms with van der Waals surface area (Å²) in [6, 6.07) is 4.04. The van der Waals surface area contributed by atoms with E-state index in [1.54, 1.807) is 11.3 Å². The van der Waals surface area contributed by atoms with E-state index >= 15 is 0 Å². The second-order valence-electron chi connectivity index (χ2n) is 4.59. The van der Waals surface area contributed by atoms with Gasteiger partial charge in [-0.1, -0.05) is 0 Å². The van der Waals surface area contributed by atoms with Crippen LogP contribution in [-0.4, -0.2) is 30.1 Å². The Bertz CT molecular complexity index is 297. The number of hydrogen-bond donors (Lipinski definition) is 1. The Labute approximate surface area is 96.3 Å². The molecule has 1 aliphatic heterocycles. The lowest BCUT2D eigenvalue weighted by molar-refractivity contribution is 0.104. The van der Waals surface area contributed by atoms with Crippen LogP contribution < -0.4 is 5.32 Å². The summed E-state index contributed by atoms with van der Waals surface area (Å²) in [4.78, 5) is 2.60. The van der Waals surface area contributed by atoms with E-state index in [1.807, 2.05) is 0 Å². The Morgan fingerprint density at radius 2 is 2.33 bits per heavy atom. The molecule has 3 heteroatoms. The third-order valence-corrected chi connectivity index (χ3v) is 4.04. The summed E-state index contributed by atoms with van der Waals surface area (Å²) in [6.45, 7) is 9.14. The fourth-order valence-corrected chi connectivity index (χ4v) is 3.04. The minimum Gasteiger partial charge on any atom is -0.311 e. The van der Waals surface area contributed by atoms with Crippen LogP contribution in [0.4, 0.5) is 0 Å². The maximum atomic E-state index is 3.52. The van der Waals surface area contributed by atoms with Crippen molar-refractivity contribution in [2.45, 2.75) is 38.9 Å². The lowest BCUT2D eigenvalue weighted by Crippen LogP contribution is -2.54. The molecule has 1 N–H and O–H groups in total. The molecule has 3 atom stereocenters. The van der Waals surface area contributed by atoms with Crippen LogP contribution in [-0.2, 0) is 0 Å². The molecule has 0 amide bonds. The number of hydrogen-bond acceptors (Lipinski definition) is 3. The third kappa shape index (κ3) is 2.41. The Balaban J connectivity index is 2.08. The predicted molar refractivity (Wildman–Crippen MR) is 66.4 cm³/mol. The van der Waals surface area contributed by atoms with Crippen molar-refractivity contribution in [2.24, 2.45) is 0 Å². The molecule has 1 aliphatic rings. The van der Waals surface area contributed by atoms with Gasteiger partial charge in [-0.2, -0.15) is 11.3 Å². The minimum absolute atomic E-state index is 0.552. The first-order chi connectivity index (χ1) is 7.18. The lowest BCUT2D eigenvalue weighted by Gasteiger charge is -2.41. The van der Waals surface area contributed by atoms with E-state index in [2.05, 4.69) is 47.8 Å². The van der Waals surface area contributed by atoms with Crippen LogP contribution in [0.5, 0.6) is 0 Å². The number of nitrogens with one attached hydrogen (secondary N) is 1. The molecule has 2 rings (SSSR count). The van der Waals surface area contributed by atoms with Crippen LogP contribution in [0.25, 0.3) is 0 Å². The molecule has 1 fully saturated rings. The Hall–Kier alpha value is -0.380. The summed E-state index contributed by atoms with van der Waals surface area (Å²) in [7, 11) is 0. The van der Waals surface area contributed by atoms with E-state index in [4.69, 9.17) is 0 Å². The maximum Gasteiger partial charge on any atom is 0.0332 e. The normalized spacial score (nSPS) is 30.3. The average Bonchev–Trinajstić information content (AvgIpc) is 2.74. The molecule has 0 saturated carbocycles. The van der Waals surface area contributed by atoms with E-state index in [0.29, 0.717) is 18.1 Å². The highest BCUT2D eigenvalue weighted by atomic mass is 32.1. The van der Waals surface area contributed by atoms with Crippen LogP contribution >= 0.6 is 11.3 Å². The summed E-state index contributed by atoms with van der Waals surface area (Å²) in [5.74, 6) is 0. The van der Waals surface area contributed by atoms with Gasteiger partial charge in [0.05, 0.1) is 0 Å². The van der Waals surface area contributed by atoms with Crippen molar-refractivity contribution in [3.05, 3.63) is 22.4 Å². The summed E-state index contributed by atoms with van der Waals surface area (Å²) < 4.78 is 0. The molecule has 0 spiro atoms. The SMILES string of the molecule is CC1CN(C(C)c2ccsc2)C(C)CN1. The highest BCUT2D eigenvalue weighted by molar-refractivity contribution is 7.07. The van der Waals surface area contributed by atoms with E-state index in [-0.39, 0.29) is 0 Å². The molecule has 0 aliphatic carbocycles. The van der Waals surface area contributed by atoms with Crippen molar-refractivity contribution >= 4 is 11.3 Å². The zero-order chi connectivity index (χ0) is 10.8. The molecule has 15 heavy (non-hydrogen) atoms. The highest BCUT2D eigenvalue weighted by Gasteiger charge is 2.27. The number of rotatable bonds is 2. The molecular formula is C12H20N2S. The molecule has 1 aromatic heterocycles. The molecule has 0 bridgehead atoms. The third-order valence-electron chi connectivity index (χ3n) is 3.34. The van der Waals surface area contributed by atoms with Gasteiger partial charge in [-0.15, -0.1) is 0 Å². The molecule has 0 aromatic carbocycles. The predicted octanol–water partition coefficient (Wildman–Crippen LogP) is 2.49. The summed E-state index contributed by atoms with van der Waals surface area (Å²) >= 11 is 1.79. The van der Waals surface area contributed by atoms with Gasteiger partial charge >= 0.3 is 0 Å². The van der Waals surface area contributed by atoms with Crippen molar-refractivity contribution in [1.29, 1.82) is 0 Å². The van der Waals surface area contributed by atoms with Crippen LogP contribution in [0.15, 0.2) is 16.8 Å². The van der Waals surface area contributed by atoms with E-state index in [9.17, 15) is 0 Å². The van der Waals surface area contributed by atoms with Gasteiger partial charge in [-0.3, -0.25) is 4.90 Å². The van der Waals surface area contributed by atoms with Crippen LogP contribution in [0.3, 0.4) is 0 Å². The van der Waals surface area contributed by atoms with Gasteiger partial charge in [0.2, 0.25) is 0 Å². The molecule has 84 valence electrons. The second-order valence-corrected chi connectivity index (χ2v) is 5.37. The topological polar surface area (TPSA) is 15.3 Å². The summed E-state index contributed by atoms with van der Waals surface area (Å²) in [5, 5.41) is 7.96. The fraction of sp³-hybridized carbons (Fsp3) is 0.667. The first-order valence-corrected chi connectivity index (χ1v) is 6.64. The molecular weight excluding hydrogens is 204 g/mol. The smallest absolute Gasteiger partial charge is 0.0332 e. The molecule has 1 saturated heterocycles. The van der Waals surface area contributed by atoms with Gasteiger partial charge in [-0.25, -0.2) is 0 Å². The number of thiophene rings is 1. The lowest BCUT2D eigenvalue weighted by atomic mass is 10.0. The Kier molecular flexibility index (Phi) is 3.44. The quantitative estimate of drug-likeness (QED) is 0.830. The molecule has 2 heterocycles. The number of nitrogens with zero attached hydrogens (tertiary/aromatic N) is 1. The molecule has 1 aromatic rings. The second kappa shape index (κ2) is 4.64. The van der Waals surface area contributed by atoms with E-state index < -0.39 is 0 Å². The van der Waals surface area contributed by atoms with Gasteiger partial charge < -0.3 is 5.32 Å². The van der Waals surface area contributed by atoms with Gasteiger partial charge in [-0.05, 0) is 43.2 Å². The van der Waals surface area contributed by atoms with Crippen LogP contribution in [0.1, 0.15) is 32.4 Å². The standard InChI is InChI=1S/C12H20N2S/c1-9-7-14(10(2)6-13-9)11(3)12-4-5-15-8-12/h4-5,8-11,13H,6-7H2,1-3H3. The first kappa shape index (κ1) is 11.1. The van der Waals surface area contributed by atoms with Gasteiger partial charge in [0.1, 0.15) is 0 Å². The zero-order valence-corrected chi connectivity index (χ0v) is 10.6. The molecule has 0 radical (unpaired) electrons. The number of piperazine rings is 1. The van der Waals surface area contributed by atoms with Gasteiger partial charge in [0.15, 0.2) is 0 Å². The van der Waals surface area contributed by atoms with Crippen molar-refractivity contribution < 1.29 is 0 Å². The fourth-order valence-electron chi connectivity index (χ4n) is 2.29. The van der Waals surface area contributed by atoms with Crippen molar-refractivity contribution in [2.75, 3.05) is 13.1 Å². The first-order valence-electron chi connectivity index (χ1n) is 5.69. The zero-order valence-electron chi connectivity index (χ0n) is 9.73. The van der Waals surface area contributed by atoms with E-state index in [0.717, 1.165) is 13.1 Å².